The highest BCUT2D eigenvalue weighted by Gasteiger charge is 2.41. The molecule has 0 heterocycles. The summed E-state index contributed by atoms with van der Waals surface area (Å²) in [4.78, 5) is 24.5. The van der Waals surface area contributed by atoms with Crippen molar-refractivity contribution in [2.75, 3.05) is 20.1 Å². The molecule has 0 radical (unpaired) electrons. The van der Waals surface area contributed by atoms with Crippen molar-refractivity contribution in [1.29, 1.82) is 0 Å². The van der Waals surface area contributed by atoms with Crippen molar-refractivity contribution in [1.82, 2.24) is 10.2 Å². The fourth-order valence-electron chi connectivity index (χ4n) is 3.18. The third-order valence-electron chi connectivity index (χ3n) is 5.04. The average molecular weight is 658 g/mol. The first kappa shape index (κ1) is 32.4. The lowest BCUT2D eigenvalue weighted by Crippen LogP contribution is -2.43. The van der Waals surface area contributed by atoms with Gasteiger partial charge in [-0.25, -0.2) is 9.18 Å². The Morgan fingerprint density at radius 3 is 2.15 bits per heavy atom. The van der Waals surface area contributed by atoms with Gasteiger partial charge in [-0.05, 0) is 45.8 Å². The maximum absolute atomic E-state index is 14.9. The number of ketones is 1. The Bertz CT molecular complexity index is 1260. The van der Waals surface area contributed by atoms with Crippen molar-refractivity contribution >= 4 is 45.2 Å². The van der Waals surface area contributed by atoms with E-state index in [0.717, 1.165) is 19.2 Å². The summed E-state index contributed by atoms with van der Waals surface area (Å²) in [6.45, 7) is -2.85. The number of halogens is 12. The van der Waals surface area contributed by atoms with Crippen LogP contribution in [0.5, 0.6) is 0 Å². The van der Waals surface area contributed by atoms with Gasteiger partial charge < -0.3 is 10.2 Å². The number of allylic oxidation sites excluding steroid dienone is 1. The Labute approximate surface area is 227 Å². The molecule has 2 rings (SSSR count). The number of nitrogens with one attached hydrogen (secondary N) is 1. The van der Waals surface area contributed by atoms with E-state index in [-0.39, 0.29) is 21.6 Å². The molecule has 1 unspecified atom stereocenters. The maximum atomic E-state index is 14.9. The maximum Gasteiger partial charge on any atom is 0.417 e. The van der Waals surface area contributed by atoms with E-state index in [0.29, 0.717) is 17.0 Å². The number of carbonyl (C=O) groups is 2. The second kappa shape index (κ2) is 12.1. The molecule has 2 amide bonds. The number of urea groups is 1. The predicted octanol–water partition coefficient (Wildman–Crippen LogP) is 8.16. The minimum atomic E-state index is -5.29. The van der Waals surface area contributed by atoms with Crippen LogP contribution in [-0.4, -0.2) is 49.2 Å². The lowest BCUT2D eigenvalue weighted by molar-refractivity contribution is -0.140. The van der Waals surface area contributed by atoms with Gasteiger partial charge in [0.2, 0.25) is 0 Å². The number of alkyl halides is 9. The number of rotatable bonds is 7. The molecule has 1 atom stereocenters. The Kier molecular flexibility index (Phi) is 10.1. The number of amides is 2. The van der Waals surface area contributed by atoms with Crippen LogP contribution in [0.2, 0.25) is 5.02 Å². The van der Waals surface area contributed by atoms with E-state index in [1.54, 1.807) is 0 Å². The van der Waals surface area contributed by atoms with Crippen LogP contribution < -0.4 is 5.32 Å². The van der Waals surface area contributed by atoms with Crippen molar-refractivity contribution in [3.8, 4) is 0 Å². The fourth-order valence-corrected chi connectivity index (χ4v) is 3.62. The van der Waals surface area contributed by atoms with Gasteiger partial charge in [0, 0.05) is 22.6 Å². The second-order valence-corrected chi connectivity index (χ2v) is 9.28. The molecule has 0 fully saturated rings. The first-order valence-corrected chi connectivity index (χ1v) is 11.6. The summed E-state index contributed by atoms with van der Waals surface area (Å²) in [5.41, 5.74) is -4.25. The molecule has 0 aliphatic carbocycles. The van der Waals surface area contributed by atoms with Gasteiger partial charge in [-0.15, -0.1) is 0 Å². The molecule has 4 nitrogen and oxygen atoms in total. The van der Waals surface area contributed by atoms with Crippen LogP contribution in [0.3, 0.4) is 0 Å². The SMILES string of the molecule is CN(CC(=O)c1ccc(/C(F)=C/C(c2ccc(Br)c(Cl)c2)C(F)(F)F)cc1C(F)(F)F)C(=O)NCC(F)(F)F. The monoisotopic (exact) mass is 656 g/mol. The third-order valence-corrected chi connectivity index (χ3v) is 6.27. The number of Topliss-reactive ketones (excluding diaryl/α,β-unsaturated/α-hetero) is 1. The molecule has 0 bridgehead atoms. The van der Waals surface area contributed by atoms with Crippen LogP contribution >= 0.6 is 27.5 Å². The lowest BCUT2D eigenvalue weighted by atomic mass is 9.95. The fraction of sp³-hybridized carbons (Fsp3) is 0.304. The molecule has 39 heavy (non-hydrogen) atoms. The molecular weight excluding hydrogens is 642 g/mol. The number of hydrogen-bond acceptors (Lipinski definition) is 2. The third kappa shape index (κ3) is 9.12. The summed E-state index contributed by atoms with van der Waals surface area (Å²) in [5, 5.41) is 1.30. The molecule has 0 spiro atoms. The largest absolute Gasteiger partial charge is 0.417 e. The molecule has 0 saturated carbocycles. The van der Waals surface area contributed by atoms with Crippen molar-refractivity contribution in [2.45, 2.75) is 24.4 Å². The molecule has 1 N–H and O–H groups in total. The summed E-state index contributed by atoms with van der Waals surface area (Å²) >= 11 is 8.80. The van der Waals surface area contributed by atoms with Crippen LogP contribution in [0.15, 0.2) is 46.9 Å². The molecule has 0 aliphatic rings. The van der Waals surface area contributed by atoms with Crippen LogP contribution in [0.4, 0.5) is 48.7 Å². The van der Waals surface area contributed by atoms with Gasteiger partial charge in [0.25, 0.3) is 0 Å². The summed E-state index contributed by atoms with van der Waals surface area (Å²) < 4.78 is 134. The van der Waals surface area contributed by atoms with Gasteiger partial charge in [0.1, 0.15) is 18.3 Å². The molecule has 214 valence electrons. The van der Waals surface area contributed by atoms with E-state index in [1.165, 1.54) is 11.4 Å². The number of nitrogens with zero attached hydrogens (tertiary/aromatic N) is 1. The second-order valence-electron chi connectivity index (χ2n) is 8.02. The lowest BCUT2D eigenvalue weighted by Gasteiger charge is -2.20. The summed E-state index contributed by atoms with van der Waals surface area (Å²) in [6, 6.07) is 2.88. The average Bonchev–Trinajstić information content (AvgIpc) is 2.80. The first-order valence-electron chi connectivity index (χ1n) is 10.4. The van der Waals surface area contributed by atoms with E-state index in [9.17, 15) is 53.5 Å². The summed E-state index contributed by atoms with van der Waals surface area (Å²) in [5.74, 6) is -5.66. The van der Waals surface area contributed by atoms with Crippen molar-refractivity contribution in [3.05, 3.63) is 74.2 Å². The molecule has 2 aromatic carbocycles. The topological polar surface area (TPSA) is 49.4 Å². The highest BCUT2D eigenvalue weighted by Crippen LogP contribution is 2.41. The van der Waals surface area contributed by atoms with E-state index in [2.05, 4.69) is 15.9 Å². The zero-order valence-electron chi connectivity index (χ0n) is 19.3. The van der Waals surface area contributed by atoms with Gasteiger partial charge >= 0.3 is 24.6 Å². The highest BCUT2D eigenvalue weighted by molar-refractivity contribution is 9.10. The van der Waals surface area contributed by atoms with Crippen LogP contribution in [0.1, 0.15) is 33.0 Å². The number of carbonyl (C=O) groups excluding carboxylic acids is 2. The molecular formula is C23H16BrClF10N2O2. The van der Waals surface area contributed by atoms with Crippen LogP contribution in [-0.2, 0) is 6.18 Å². The summed E-state index contributed by atoms with van der Waals surface area (Å²) in [7, 11) is 0.847. The Morgan fingerprint density at radius 2 is 1.64 bits per heavy atom. The molecule has 0 aliphatic heterocycles. The smallest absolute Gasteiger partial charge is 0.329 e. The van der Waals surface area contributed by atoms with Crippen LogP contribution in [0.25, 0.3) is 5.83 Å². The summed E-state index contributed by atoms with van der Waals surface area (Å²) in [6.07, 6.45) is -15.1. The van der Waals surface area contributed by atoms with E-state index in [4.69, 9.17) is 11.6 Å². The molecule has 0 aromatic heterocycles. The molecule has 2 aromatic rings. The quantitative estimate of drug-likeness (QED) is 0.241. The van der Waals surface area contributed by atoms with E-state index >= 15 is 0 Å². The van der Waals surface area contributed by atoms with Crippen LogP contribution in [0, 0.1) is 0 Å². The van der Waals surface area contributed by atoms with Gasteiger partial charge in [0.05, 0.1) is 17.1 Å². The number of likely N-dealkylation sites (N-methyl/N-ethyl adjacent to an activating group) is 1. The van der Waals surface area contributed by atoms with Crippen molar-refractivity contribution < 1.29 is 53.5 Å². The van der Waals surface area contributed by atoms with E-state index < -0.39 is 77.4 Å². The van der Waals surface area contributed by atoms with Crippen molar-refractivity contribution in [2.24, 2.45) is 0 Å². The van der Waals surface area contributed by atoms with Gasteiger partial charge in [-0.3, -0.25) is 4.79 Å². The highest BCUT2D eigenvalue weighted by atomic mass is 79.9. The molecule has 16 heteroatoms. The first-order chi connectivity index (χ1) is 17.7. The van der Waals surface area contributed by atoms with Gasteiger partial charge in [-0.2, -0.15) is 39.5 Å². The zero-order chi connectivity index (χ0) is 29.9. The van der Waals surface area contributed by atoms with Gasteiger partial charge in [-0.1, -0.05) is 29.8 Å². The van der Waals surface area contributed by atoms with E-state index in [1.807, 2.05) is 0 Å². The van der Waals surface area contributed by atoms with Gasteiger partial charge in [0.15, 0.2) is 5.78 Å². The number of hydrogen-bond donors (Lipinski definition) is 1. The Morgan fingerprint density at radius 1 is 1.03 bits per heavy atom. The predicted molar refractivity (Wildman–Crippen MR) is 125 cm³/mol. The van der Waals surface area contributed by atoms with Crippen molar-refractivity contribution in [3.63, 3.8) is 0 Å². The number of benzene rings is 2. The Hall–Kier alpha value is -2.81. The Balaban J connectivity index is 2.42. The minimum Gasteiger partial charge on any atom is -0.329 e. The molecule has 0 saturated heterocycles. The minimum absolute atomic E-state index is 0.0509. The standard InChI is InChI=1S/C23H16BrClF10N2O2/c1-37(20(39)36-10-21(27,28)29)9-19(38)13-4-2-12(6-15(13)23(33,34)35)18(26)8-14(22(30,31)32)11-3-5-16(24)17(25)7-11/h2-8,14H,9-10H2,1H3,(H,36,39)/b18-8-. The zero-order valence-corrected chi connectivity index (χ0v) is 21.7. The normalized spacial score (nSPS) is 13.7.